The molecule has 0 radical (unpaired) electrons. The van der Waals surface area contributed by atoms with E-state index in [1.165, 1.54) is 5.56 Å². The number of carbonyl (C=O) groups excluding carboxylic acids is 2. The van der Waals surface area contributed by atoms with E-state index in [9.17, 15) is 9.59 Å². The molecule has 2 rings (SSSR count). The number of hydrogen-bond acceptors (Lipinski definition) is 3. The molecule has 3 amide bonds. The van der Waals surface area contributed by atoms with Gasteiger partial charge in [0, 0.05) is 12.2 Å². The summed E-state index contributed by atoms with van der Waals surface area (Å²) in [4.78, 5) is 24.2. The number of anilines is 1. The summed E-state index contributed by atoms with van der Waals surface area (Å²) in [5.74, 6) is -0.398. The van der Waals surface area contributed by atoms with E-state index in [4.69, 9.17) is 0 Å². The van der Waals surface area contributed by atoms with Crippen LogP contribution in [0.2, 0.25) is 0 Å². The third-order valence-corrected chi connectivity index (χ3v) is 3.79. The minimum atomic E-state index is -0.657. The molecule has 5 heteroatoms. The van der Waals surface area contributed by atoms with E-state index in [1.807, 2.05) is 62.4 Å². The van der Waals surface area contributed by atoms with Gasteiger partial charge in [0.25, 0.3) is 5.91 Å². The zero-order valence-corrected chi connectivity index (χ0v) is 14.2. The number of amides is 3. The second-order valence-electron chi connectivity index (χ2n) is 5.64. The second kappa shape index (κ2) is 8.15. The van der Waals surface area contributed by atoms with Crippen molar-refractivity contribution in [1.82, 2.24) is 10.6 Å². The van der Waals surface area contributed by atoms with Crippen molar-refractivity contribution in [3.63, 3.8) is 0 Å². The summed E-state index contributed by atoms with van der Waals surface area (Å²) < 4.78 is 0. The van der Waals surface area contributed by atoms with Crippen molar-refractivity contribution in [1.29, 1.82) is 0 Å². The van der Waals surface area contributed by atoms with Gasteiger partial charge in [0.05, 0.1) is 0 Å². The van der Waals surface area contributed by atoms with Gasteiger partial charge in [0.1, 0.15) is 6.04 Å². The highest BCUT2D eigenvalue weighted by Gasteiger charge is 2.22. The number of rotatable bonds is 5. The molecule has 0 saturated heterocycles. The summed E-state index contributed by atoms with van der Waals surface area (Å²) in [5, 5.41) is 8.16. The highest BCUT2D eigenvalue weighted by Crippen LogP contribution is 2.22. The number of imide groups is 1. The van der Waals surface area contributed by atoms with Crippen molar-refractivity contribution in [3.05, 3.63) is 65.2 Å². The van der Waals surface area contributed by atoms with Gasteiger partial charge in [0.2, 0.25) is 0 Å². The number of carbonyl (C=O) groups is 2. The van der Waals surface area contributed by atoms with Crippen LogP contribution in [0.5, 0.6) is 0 Å². The Hall–Kier alpha value is -2.82. The van der Waals surface area contributed by atoms with Crippen LogP contribution in [-0.4, -0.2) is 18.5 Å². The maximum absolute atomic E-state index is 12.6. The normalized spacial score (nSPS) is 11.5. The highest BCUT2D eigenvalue weighted by molar-refractivity contribution is 5.98. The summed E-state index contributed by atoms with van der Waals surface area (Å²) in [5.41, 5.74) is 3.94. The van der Waals surface area contributed by atoms with Crippen LogP contribution in [-0.2, 0) is 4.79 Å². The zero-order chi connectivity index (χ0) is 17.5. The van der Waals surface area contributed by atoms with Crippen LogP contribution in [0.15, 0.2) is 48.5 Å². The lowest BCUT2D eigenvalue weighted by molar-refractivity contribution is -0.120. The monoisotopic (exact) mass is 325 g/mol. The standard InChI is InChI=1S/C19H23N3O2/c1-4-20-19(24)22-18(23)17(15-8-6-5-7-9-15)21-16-11-10-13(2)14(3)12-16/h5-12,17,21H,4H2,1-3H3,(H2,20,22,23,24)/t17-/m0/s1. The maximum Gasteiger partial charge on any atom is 0.321 e. The molecule has 5 nitrogen and oxygen atoms in total. The Balaban J connectivity index is 2.24. The molecule has 0 aliphatic rings. The minimum Gasteiger partial charge on any atom is -0.370 e. The molecule has 3 N–H and O–H groups in total. The number of nitrogens with one attached hydrogen (secondary N) is 3. The molecular weight excluding hydrogens is 302 g/mol. The lowest BCUT2D eigenvalue weighted by Gasteiger charge is -2.20. The first-order valence-electron chi connectivity index (χ1n) is 7.98. The van der Waals surface area contributed by atoms with Crippen molar-refractivity contribution >= 4 is 17.6 Å². The van der Waals surface area contributed by atoms with E-state index in [1.54, 1.807) is 6.92 Å². The molecule has 126 valence electrons. The predicted octanol–water partition coefficient (Wildman–Crippen LogP) is 3.30. The molecular formula is C19H23N3O2. The molecule has 0 bridgehead atoms. The van der Waals surface area contributed by atoms with Gasteiger partial charge in [0.15, 0.2) is 0 Å². The number of aryl methyl sites for hydroxylation is 2. The van der Waals surface area contributed by atoms with Gasteiger partial charge in [-0.3, -0.25) is 10.1 Å². The zero-order valence-electron chi connectivity index (χ0n) is 14.2. The van der Waals surface area contributed by atoms with Crippen molar-refractivity contribution < 1.29 is 9.59 Å². The van der Waals surface area contributed by atoms with E-state index in [0.717, 1.165) is 16.8 Å². The first kappa shape index (κ1) is 17.5. The topological polar surface area (TPSA) is 70.2 Å². The molecule has 0 heterocycles. The van der Waals surface area contributed by atoms with Crippen LogP contribution < -0.4 is 16.0 Å². The quantitative estimate of drug-likeness (QED) is 0.790. The van der Waals surface area contributed by atoms with E-state index >= 15 is 0 Å². The Bertz CT molecular complexity index is 714. The SMILES string of the molecule is CCNC(=O)NC(=O)[C@@H](Nc1ccc(C)c(C)c1)c1ccccc1. The van der Waals surface area contributed by atoms with Crippen LogP contribution in [0.25, 0.3) is 0 Å². The average molecular weight is 325 g/mol. The number of hydrogen-bond donors (Lipinski definition) is 3. The molecule has 0 spiro atoms. The molecule has 24 heavy (non-hydrogen) atoms. The smallest absolute Gasteiger partial charge is 0.321 e. The van der Waals surface area contributed by atoms with Gasteiger partial charge in [-0.25, -0.2) is 4.79 Å². The van der Waals surface area contributed by atoms with Crippen molar-refractivity contribution in [2.45, 2.75) is 26.8 Å². The Morgan fingerprint density at radius 3 is 2.33 bits per heavy atom. The lowest BCUT2D eigenvalue weighted by atomic mass is 10.0. The van der Waals surface area contributed by atoms with Crippen molar-refractivity contribution in [2.24, 2.45) is 0 Å². The number of urea groups is 1. The fourth-order valence-corrected chi connectivity index (χ4v) is 2.33. The van der Waals surface area contributed by atoms with Crippen LogP contribution in [0.1, 0.15) is 29.7 Å². The first-order valence-corrected chi connectivity index (χ1v) is 7.98. The van der Waals surface area contributed by atoms with Crippen molar-refractivity contribution in [3.8, 4) is 0 Å². The molecule has 0 fully saturated rings. The van der Waals surface area contributed by atoms with Gasteiger partial charge >= 0.3 is 6.03 Å². The Labute approximate surface area is 142 Å². The summed E-state index contributed by atoms with van der Waals surface area (Å²) in [6.07, 6.45) is 0. The molecule has 1 atom stereocenters. The molecule has 0 unspecified atom stereocenters. The highest BCUT2D eigenvalue weighted by atomic mass is 16.2. The second-order valence-corrected chi connectivity index (χ2v) is 5.64. The summed E-state index contributed by atoms with van der Waals surface area (Å²) in [6, 6.07) is 14.1. The van der Waals surface area contributed by atoms with E-state index < -0.39 is 18.0 Å². The lowest BCUT2D eigenvalue weighted by Crippen LogP contribution is -2.43. The Kier molecular flexibility index (Phi) is 5.95. The number of benzene rings is 2. The van der Waals surface area contributed by atoms with E-state index in [2.05, 4.69) is 16.0 Å². The predicted molar refractivity (Wildman–Crippen MR) is 95.9 cm³/mol. The fraction of sp³-hybridized carbons (Fsp3) is 0.263. The molecule has 2 aromatic carbocycles. The summed E-state index contributed by atoms with van der Waals surface area (Å²) in [7, 11) is 0. The van der Waals surface area contributed by atoms with Crippen molar-refractivity contribution in [2.75, 3.05) is 11.9 Å². The van der Waals surface area contributed by atoms with Crippen LogP contribution in [0, 0.1) is 13.8 Å². The van der Waals surface area contributed by atoms with Crippen LogP contribution in [0.4, 0.5) is 10.5 Å². The van der Waals surface area contributed by atoms with Gasteiger partial charge in [-0.2, -0.15) is 0 Å². The minimum absolute atomic E-state index is 0.398. The first-order chi connectivity index (χ1) is 11.5. The molecule has 2 aromatic rings. The largest absolute Gasteiger partial charge is 0.370 e. The molecule has 0 aromatic heterocycles. The third kappa shape index (κ3) is 4.59. The fourth-order valence-electron chi connectivity index (χ4n) is 2.33. The molecule has 0 aliphatic heterocycles. The van der Waals surface area contributed by atoms with Crippen LogP contribution in [0.3, 0.4) is 0 Å². The average Bonchev–Trinajstić information content (AvgIpc) is 2.56. The van der Waals surface area contributed by atoms with Gasteiger partial charge in [-0.05, 0) is 49.6 Å². The Morgan fingerprint density at radius 2 is 1.71 bits per heavy atom. The third-order valence-electron chi connectivity index (χ3n) is 3.79. The van der Waals surface area contributed by atoms with Gasteiger partial charge < -0.3 is 10.6 Å². The van der Waals surface area contributed by atoms with Crippen LogP contribution >= 0.6 is 0 Å². The maximum atomic E-state index is 12.6. The van der Waals surface area contributed by atoms with E-state index in [-0.39, 0.29) is 0 Å². The summed E-state index contributed by atoms with van der Waals surface area (Å²) in [6.45, 7) is 6.31. The molecule has 0 saturated carbocycles. The van der Waals surface area contributed by atoms with Gasteiger partial charge in [-0.1, -0.05) is 36.4 Å². The Morgan fingerprint density at radius 1 is 1.00 bits per heavy atom. The summed E-state index contributed by atoms with van der Waals surface area (Å²) >= 11 is 0. The van der Waals surface area contributed by atoms with E-state index in [0.29, 0.717) is 6.54 Å². The molecule has 0 aliphatic carbocycles. The van der Waals surface area contributed by atoms with Gasteiger partial charge in [-0.15, -0.1) is 0 Å².